The molecule has 2 rings (SSSR count). The van der Waals surface area contributed by atoms with Crippen LogP contribution in [0, 0.1) is 5.82 Å². The number of carboxylic acids is 1. The summed E-state index contributed by atoms with van der Waals surface area (Å²) in [5, 5.41) is 14.5. The molecule has 8 heteroatoms. The van der Waals surface area contributed by atoms with Crippen molar-refractivity contribution in [3.05, 3.63) is 47.3 Å². The SMILES string of the molecule is COc1cc(-c2ccc(NC(C)C)cc2F)c(OC)cc1/C=C(\C)C(=O)N[C@H](C)C(=O)O. The minimum absolute atomic E-state index is 0.167. The number of nitrogens with one attached hydrogen (secondary N) is 2. The predicted octanol–water partition coefficient (Wildman–Crippen LogP) is 4.32. The molecule has 172 valence electrons. The van der Waals surface area contributed by atoms with Crippen molar-refractivity contribution in [1.82, 2.24) is 5.32 Å². The fraction of sp³-hybridized carbons (Fsp3) is 0.333. The molecule has 0 aromatic heterocycles. The first-order valence-electron chi connectivity index (χ1n) is 10.1. The molecule has 0 bridgehead atoms. The molecule has 0 saturated carbocycles. The lowest BCUT2D eigenvalue weighted by molar-refractivity contribution is -0.140. The number of methoxy groups -OCH3 is 2. The van der Waals surface area contributed by atoms with Crippen LogP contribution >= 0.6 is 0 Å². The van der Waals surface area contributed by atoms with Crippen LogP contribution in [0.1, 0.15) is 33.3 Å². The highest BCUT2D eigenvalue weighted by Gasteiger charge is 2.18. The monoisotopic (exact) mass is 444 g/mol. The number of carbonyl (C=O) groups is 2. The quantitative estimate of drug-likeness (QED) is 0.499. The Kier molecular flexibility index (Phi) is 8.23. The number of halogens is 1. The Bertz CT molecular complexity index is 1030. The van der Waals surface area contributed by atoms with Gasteiger partial charge in [-0.25, -0.2) is 4.39 Å². The van der Waals surface area contributed by atoms with E-state index in [4.69, 9.17) is 14.6 Å². The van der Waals surface area contributed by atoms with Crippen molar-refractivity contribution < 1.29 is 28.6 Å². The number of ether oxygens (including phenoxy) is 2. The van der Waals surface area contributed by atoms with E-state index in [9.17, 15) is 14.0 Å². The van der Waals surface area contributed by atoms with E-state index in [-0.39, 0.29) is 11.6 Å². The molecular weight excluding hydrogens is 415 g/mol. The van der Waals surface area contributed by atoms with E-state index in [1.165, 1.54) is 27.2 Å². The van der Waals surface area contributed by atoms with Gasteiger partial charge in [0.05, 0.1) is 14.2 Å². The third kappa shape index (κ3) is 6.00. The molecule has 1 amide bonds. The van der Waals surface area contributed by atoms with E-state index < -0.39 is 23.7 Å². The van der Waals surface area contributed by atoms with Gasteiger partial charge in [-0.05, 0) is 64.1 Å². The number of rotatable bonds is 9. The van der Waals surface area contributed by atoms with Gasteiger partial charge in [0.15, 0.2) is 0 Å². The van der Waals surface area contributed by atoms with Crippen molar-refractivity contribution in [3.63, 3.8) is 0 Å². The summed E-state index contributed by atoms with van der Waals surface area (Å²) in [7, 11) is 2.94. The fourth-order valence-electron chi connectivity index (χ4n) is 3.07. The number of carboxylic acid groups (broad SMARTS) is 1. The van der Waals surface area contributed by atoms with Crippen LogP contribution in [0.4, 0.5) is 10.1 Å². The molecule has 3 N–H and O–H groups in total. The van der Waals surface area contributed by atoms with Gasteiger partial charge in [0, 0.05) is 34.0 Å². The van der Waals surface area contributed by atoms with Crippen LogP contribution in [0.25, 0.3) is 17.2 Å². The van der Waals surface area contributed by atoms with Gasteiger partial charge in [-0.15, -0.1) is 0 Å². The van der Waals surface area contributed by atoms with Gasteiger partial charge < -0.3 is 25.2 Å². The average molecular weight is 445 g/mol. The molecule has 2 aromatic carbocycles. The van der Waals surface area contributed by atoms with Gasteiger partial charge >= 0.3 is 5.97 Å². The van der Waals surface area contributed by atoms with Gasteiger partial charge in [-0.2, -0.15) is 0 Å². The minimum atomic E-state index is -1.13. The molecule has 0 spiro atoms. The van der Waals surface area contributed by atoms with E-state index in [2.05, 4.69) is 10.6 Å². The molecule has 32 heavy (non-hydrogen) atoms. The van der Waals surface area contributed by atoms with Crippen molar-refractivity contribution in [2.24, 2.45) is 0 Å². The highest BCUT2D eigenvalue weighted by atomic mass is 19.1. The van der Waals surface area contributed by atoms with Crippen LogP contribution in [0.15, 0.2) is 35.9 Å². The summed E-state index contributed by atoms with van der Waals surface area (Å²) in [4.78, 5) is 23.3. The summed E-state index contributed by atoms with van der Waals surface area (Å²) in [6.45, 7) is 6.87. The number of carbonyl (C=O) groups excluding carboxylic acids is 1. The van der Waals surface area contributed by atoms with Crippen LogP contribution in [0.2, 0.25) is 0 Å². The van der Waals surface area contributed by atoms with Crippen molar-refractivity contribution in [2.45, 2.75) is 39.8 Å². The lowest BCUT2D eigenvalue weighted by Gasteiger charge is -2.16. The van der Waals surface area contributed by atoms with E-state index in [0.29, 0.717) is 33.9 Å². The van der Waals surface area contributed by atoms with Crippen LogP contribution in [0.5, 0.6) is 11.5 Å². The van der Waals surface area contributed by atoms with Crippen molar-refractivity contribution in [2.75, 3.05) is 19.5 Å². The second-order valence-electron chi connectivity index (χ2n) is 7.65. The molecule has 0 unspecified atom stereocenters. The smallest absolute Gasteiger partial charge is 0.325 e. The molecule has 0 aliphatic rings. The molecule has 0 heterocycles. The van der Waals surface area contributed by atoms with E-state index >= 15 is 0 Å². The Morgan fingerprint density at radius 2 is 1.69 bits per heavy atom. The number of hydrogen-bond donors (Lipinski definition) is 3. The van der Waals surface area contributed by atoms with Crippen molar-refractivity contribution in [1.29, 1.82) is 0 Å². The summed E-state index contributed by atoms with van der Waals surface area (Å²) in [5.41, 5.74) is 2.32. The summed E-state index contributed by atoms with van der Waals surface area (Å²) in [5.74, 6) is -1.27. The lowest BCUT2D eigenvalue weighted by atomic mass is 9.99. The summed E-state index contributed by atoms with van der Waals surface area (Å²) >= 11 is 0. The number of aliphatic carboxylic acids is 1. The predicted molar refractivity (Wildman–Crippen MR) is 123 cm³/mol. The molecule has 1 atom stereocenters. The molecule has 7 nitrogen and oxygen atoms in total. The zero-order chi connectivity index (χ0) is 24.0. The standard InChI is InChI=1S/C24H29FN2O5/c1-13(2)26-17-7-8-18(20(25)11-17)19-12-21(31-5)16(10-22(19)32-6)9-14(3)23(28)27-15(4)24(29)30/h7-13,15,26H,1-6H3,(H,27,28)(H,29,30)/b14-9+/t15-/m1/s1. The topological polar surface area (TPSA) is 96.9 Å². The van der Waals surface area contributed by atoms with Crippen LogP contribution in [0.3, 0.4) is 0 Å². The lowest BCUT2D eigenvalue weighted by Crippen LogP contribution is -2.38. The van der Waals surface area contributed by atoms with Crippen LogP contribution in [-0.2, 0) is 9.59 Å². The largest absolute Gasteiger partial charge is 0.496 e. The maximum atomic E-state index is 14.9. The molecule has 0 aliphatic heterocycles. The van der Waals surface area contributed by atoms with Crippen LogP contribution < -0.4 is 20.1 Å². The summed E-state index contributed by atoms with van der Waals surface area (Å²) in [6, 6.07) is 7.30. The maximum Gasteiger partial charge on any atom is 0.325 e. The highest BCUT2D eigenvalue weighted by molar-refractivity contribution is 5.99. The Morgan fingerprint density at radius 3 is 2.22 bits per heavy atom. The second-order valence-corrected chi connectivity index (χ2v) is 7.65. The molecule has 0 saturated heterocycles. The zero-order valence-electron chi connectivity index (χ0n) is 19.1. The first-order valence-corrected chi connectivity index (χ1v) is 10.1. The molecule has 0 radical (unpaired) electrons. The van der Waals surface area contributed by atoms with Gasteiger partial charge in [-0.3, -0.25) is 9.59 Å². The Labute approximate surface area is 187 Å². The minimum Gasteiger partial charge on any atom is -0.496 e. The molecular formula is C24H29FN2O5. The molecule has 2 aromatic rings. The molecule has 0 aliphatic carbocycles. The number of amides is 1. The Hall–Kier alpha value is -3.55. The van der Waals surface area contributed by atoms with E-state index in [1.807, 2.05) is 13.8 Å². The zero-order valence-corrected chi connectivity index (χ0v) is 19.1. The number of hydrogen-bond acceptors (Lipinski definition) is 5. The normalized spacial score (nSPS) is 12.3. The third-order valence-corrected chi connectivity index (χ3v) is 4.71. The maximum absolute atomic E-state index is 14.9. The Morgan fingerprint density at radius 1 is 1.03 bits per heavy atom. The van der Waals surface area contributed by atoms with Crippen LogP contribution in [-0.4, -0.2) is 43.3 Å². The molecule has 0 fully saturated rings. The first-order chi connectivity index (χ1) is 15.1. The third-order valence-electron chi connectivity index (χ3n) is 4.71. The van der Waals surface area contributed by atoms with Gasteiger partial charge in [0.2, 0.25) is 5.91 Å². The summed E-state index contributed by atoms with van der Waals surface area (Å²) < 4.78 is 25.8. The number of benzene rings is 2. The number of anilines is 1. The summed E-state index contributed by atoms with van der Waals surface area (Å²) in [6.07, 6.45) is 1.56. The Balaban J connectivity index is 2.47. The second kappa shape index (κ2) is 10.7. The first kappa shape index (κ1) is 24.7. The van der Waals surface area contributed by atoms with Gasteiger partial charge in [0.25, 0.3) is 0 Å². The van der Waals surface area contributed by atoms with Crippen molar-refractivity contribution >= 4 is 23.6 Å². The van der Waals surface area contributed by atoms with E-state index in [0.717, 1.165) is 0 Å². The van der Waals surface area contributed by atoms with Gasteiger partial charge in [-0.1, -0.05) is 0 Å². The van der Waals surface area contributed by atoms with Gasteiger partial charge in [0.1, 0.15) is 23.4 Å². The highest BCUT2D eigenvalue weighted by Crippen LogP contribution is 2.38. The average Bonchev–Trinajstić information content (AvgIpc) is 2.73. The van der Waals surface area contributed by atoms with E-state index in [1.54, 1.807) is 37.3 Å². The van der Waals surface area contributed by atoms with Crippen molar-refractivity contribution in [3.8, 4) is 22.6 Å². The fourth-order valence-corrected chi connectivity index (χ4v) is 3.07.